The molecule has 2 N–H and O–H groups in total. The number of hydrogen-bond acceptors (Lipinski definition) is 7. The number of ether oxygens (including phenoxy) is 1. The van der Waals surface area contributed by atoms with E-state index in [1.807, 2.05) is 48.7 Å². The average molecular weight is 471 g/mol. The van der Waals surface area contributed by atoms with E-state index in [1.54, 1.807) is 17.4 Å². The zero-order chi connectivity index (χ0) is 22.9. The van der Waals surface area contributed by atoms with E-state index < -0.39 is 0 Å². The van der Waals surface area contributed by atoms with E-state index in [0.29, 0.717) is 12.1 Å². The molecule has 9 heteroatoms. The Morgan fingerprint density at radius 2 is 1.94 bits per heavy atom. The molecule has 6 rings (SSSR count). The highest BCUT2D eigenvalue weighted by atomic mass is 32.1. The monoisotopic (exact) mass is 470 g/mol. The van der Waals surface area contributed by atoms with Crippen LogP contribution in [0.4, 0.5) is 5.82 Å². The van der Waals surface area contributed by atoms with Crippen molar-refractivity contribution in [2.24, 2.45) is 0 Å². The second-order valence-corrected chi connectivity index (χ2v) is 9.12. The number of carbonyl (C=O) groups excluding carboxylic acids is 1. The van der Waals surface area contributed by atoms with Gasteiger partial charge < -0.3 is 19.9 Å². The number of benzene rings is 2. The molecular weight excluding hydrogens is 448 g/mol. The maximum absolute atomic E-state index is 12.7. The quantitative estimate of drug-likeness (QED) is 0.403. The summed E-state index contributed by atoms with van der Waals surface area (Å²) in [6.07, 6.45) is 1.86. The summed E-state index contributed by atoms with van der Waals surface area (Å²) >= 11 is 1.56. The molecule has 3 aromatic heterocycles. The molecule has 1 aliphatic heterocycles. The normalized spacial score (nSPS) is 14.1. The van der Waals surface area contributed by atoms with Gasteiger partial charge in [0.05, 0.1) is 41.0 Å². The average Bonchev–Trinajstić information content (AvgIpc) is 3.51. The fourth-order valence-electron chi connectivity index (χ4n) is 4.04. The number of rotatable bonds is 5. The first-order chi connectivity index (χ1) is 16.7. The van der Waals surface area contributed by atoms with E-state index in [0.717, 1.165) is 69.8 Å². The van der Waals surface area contributed by atoms with Crippen LogP contribution in [-0.2, 0) is 11.3 Å². The van der Waals surface area contributed by atoms with Crippen molar-refractivity contribution < 1.29 is 9.53 Å². The number of nitrogens with one attached hydrogen (secondary N) is 2. The second-order valence-electron chi connectivity index (χ2n) is 8.09. The highest BCUT2D eigenvalue weighted by molar-refractivity contribution is 7.21. The third kappa shape index (κ3) is 4.11. The largest absolute Gasteiger partial charge is 0.378 e. The van der Waals surface area contributed by atoms with Crippen molar-refractivity contribution >= 4 is 44.3 Å². The summed E-state index contributed by atoms with van der Waals surface area (Å²) in [4.78, 5) is 32.1. The number of H-pyrrole nitrogens is 1. The molecule has 1 fully saturated rings. The molecule has 1 amide bonds. The highest BCUT2D eigenvalue weighted by Gasteiger charge is 2.14. The molecule has 170 valence electrons. The summed E-state index contributed by atoms with van der Waals surface area (Å²) in [5, 5.41) is 3.83. The van der Waals surface area contributed by atoms with Crippen molar-refractivity contribution in [3.63, 3.8) is 0 Å². The lowest BCUT2D eigenvalue weighted by Gasteiger charge is -2.27. The number of hydrogen-bond donors (Lipinski definition) is 2. The van der Waals surface area contributed by atoms with E-state index in [-0.39, 0.29) is 5.91 Å². The number of pyridine rings is 1. The van der Waals surface area contributed by atoms with Gasteiger partial charge in [-0.2, -0.15) is 0 Å². The predicted octanol–water partition coefficient (Wildman–Crippen LogP) is 4.00. The SMILES string of the molecule is O=C(NCc1nc2ccccc2[nH]1)c1ccc2nc(-c3ccc(N4CCOCC4)nc3)sc2c1. The van der Waals surface area contributed by atoms with Gasteiger partial charge in [0.15, 0.2) is 0 Å². The van der Waals surface area contributed by atoms with Gasteiger partial charge >= 0.3 is 0 Å². The minimum atomic E-state index is -0.145. The van der Waals surface area contributed by atoms with Crippen molar-refractivity contribution in [1.82, 2.24) is 25.3 Å². The molecule has 0 spiro atoms. The number of fused-ring (bicyclic) bond motifs is 2. The number of para-hydroxylation sites is 2. The van der Waals surface area contributed by atoms with Gasteiger partial charge in [-0.15, -0.1) is 11.3 Å². The molecule has 0 atom stereocenters. The zero-order valence-electron chi connectivity index (χ0n) is 18.3. The molecule has 2 aromatic carbocycles. The number of imidazole rings is 1. The van der Waals surface area contributed by atoms with E-state index >= 15 is 0 Å². The van der Waals surface area contributed by atoms with Crippen LogP contribution < -0.4 is 10.2 Å². The van der Waals surface area contributed by atoms with Crippen molar-refractivity contribution in [3.05, 3.63) is 72.2 Å². The molecule has 4 heterocycles. The Hall–Kier alpha value is -3.82. The first kappa shape index (κ1) is 20.8. The fourth-order valence-corrected chi connectivity index (χ4v) is 5.03. The van der Waals surface area contributed by atoms with Crippen LogP contribution in [0.15, 0.2) is 60.8 Å². The van der Waals surface area contributed by atoms with Crippen molar-refractivity contribution in [2.75, 3.05) is 31.2 Å². The maximum Gasteiger partial charge on any atom is 0.251 e. The first-order valence-electron chi connectivity index (χ1n) is 11.1. The zero-order valence-corrected chi connectivity index (χ0v) is 19.1. The number of aromatic amines is 1. The minimum Gasteiger partial charge on any atom is -0.378 e. The van der Waals surface area contributed by atoms with Crippen LogP contribution in [0.3, 0.4) is 0 Å². The smallest absolute Gasteiger partial charge is 0.251 e. The summed E-state index contributed by atoms with van der Waals surface area (Å²) in [5.74, 6) is 1.54. The number of anilines is 1. The van der Waals surface area contributed by atoms with Gasteiger partial charge in [-0.25, -0.2) is 15.0 Å². The molecule has 5 aromatic rings. The number of thiazole rings is 1. The Morgan fingerprint density at radius 3 is 2.76 bits per heavy atom. The van der Waals surface area contributed by atoms with Crippen LogP contribution in [0.25, 0.3) is 31.8 Å². The highest BCUT2D eigenvalue weighted by Crippen LogP contribution is 2.31. The van der Waals surface area contributed by atoms with Gasteiger partial charge in [0.2, 0.25) is 0 Å². The Kier molecular flexibility index (Phi) is 5.40. The number of amides is 1. The summed E-state index contributed by atoms with van der Waals surface area (Å²) in [7, 11) is 0. The molecule has 0 unspecified atom stereocenters. The van der Waals surface area contributed by atoms with E-state index in [4.69, 9.17) is 9.72 Å². The van der Waals surface area contributed by atoms with E-state index in [1.165, 1.54) is 0 Å². The molecule has 8 nitrogen and oxygen atoms in total. The van der Waals surface area contributed by atoms with Crippen LogP contribution in [0, 0.1) is 0 Å². The van der Waals surface area contributed by atoms with E-state index in [2.05, 4.69) is 31.2 Å². The van der Waals surface area contributed by atoms with Crippen LogP contribution in [0.5, 0.6) is 0 Å². The fraction of sp³-hybridized carbons (Fsp3) is 0.200. The molecule has 1 saturated heterocycles. The first-order valence-corrected chi connectivity index (χ1v) is 12.0. The number of nitrogens with zero attached hydrogens (tertiary/aromatic N) is 4. The van der Waals surface area contributed by atoms with Crippen LogP contribution >= 0.6 is 11.3 Å². The Balaban J connectivity index is 1.17. The third-order valence-electron chi connectivity index (χ3n) is 5.84. The van der Waals surface area contributed by atoms with Gasteiger partial charge in [0.25, 0.3) is 5.91 Å². The van der Waals surface area contributed by atoms with E-state index in [9.17, 15) is 4.79 Å². The number of aromatic nitrogens is 4. The van der Waals surface area contributed by atoms with Gasteiger partial charge in [0.1, 0.15) is 16.6 Å². The van der Waals surface area contributed by atoms with Crippen molar-refractivity contribution in [1.29, 1.82) is 0 Å². The predicted molar refractivity (Wildman–Crippen MR) is 133 cm³/mol. The van der Waals surface area contributed by atoms with Crippen LogP contribution in [0.1, 0.15) is 16.2 Å². The molecule has 0 radical (unpaired) electrons. The number of morpholine rings is 1. The lowest BCUT2D eigenvalue weighted by Crippen LogP contribution is -2.36. The Morgan fingerprint density at radius 1 is 1.06 bits per heavy atom. The summed E-state index contributed by atoms with van der Waals surface area (Å²) < 4.78 is 6.38. The lowest BCUT2D eigenvalue weighted by atomic mass is 10.2. The lowest BCUT2D eigenvalue weighted by molar-refractivity contribution is 0.0950. The third-order valence-corrected chi connectivity index (χ3v) is 6.90. The van der Waals surface area contributed by atoms with Gasteiger partial charge in [-0.3, -0.25) is 4.79 Å². The van der Waals surface area contributed by atoms with Gasteiger partial charge in [-0.05, 0) is 42.5 Å². The summed E-state index contributed by atoms with van der Waals surface area (Å²) in [6.45, 7) is 3.51. The molecule has 0 saturated carbocycles. The van der Waals surface area contributed by atoms with Crippen LogP contribution in [0.2, 0.25) is 0 Å². The Labute approximate surface area is 199 Å². The standard InChI is InChI=1S/C25H22N6O2S/c32-24(27-15-22-28-18-3-1-2-4-19(18)29-22)16-5-7-20-21(13-16)34-25(30-20)17-6-8-23(26-14-17)31-9-11-33-12-10-31/h1-8,13-14H,9-12,15H2,(H,27,32)(H,28,29). The summed E-state index contributed by atoms with van der Waals surface area (Å²) in [6, 6.07) is 17.5. The van der Waals surface area contributed by atoms with Gasteiger partial charge in [0, 0.05) is 30.4 Å². The van der Waals surface area contributed by atoms with Gasteiger partial charge in [-0.1, -0.05) is 12.1 Å². The second kappa shape index (κ2) is 8.85. The van der Waals surface area contributed by atoms with Crippen molar-refractivity contribution in [3.8, 4) is 10.6 Å². The molecule has 0 aliphatic carbocycles. The number of carbonyl (C=O) groups is 1. The Bertz CT molecular complexity index is 1440. The topological polar surface area (TPSA) is 96.0 Å². The summed E-state index contributed by atoms with van der Waals surface area (Å²) in [5.41, 5.74) is 4.27. The van der Waals surface area contributed by atoms with Crippen LogP contribution in [-0.4, -0.2) is 52.1 Å². The van der Waals surface area contributed by atoms with Crippen molar-refractivity contribution in [2.45, 2.75) is 6.54 Å². The minimum absolute atomic E-state index is 0.145. The maximum atomic E-state index is 12.7. The molecule has 34 heavy (non-hydrogen) atoms. The molecule has 1 aliphatic rings. The molecule has 0 bridgehead atoms. The molecular formula is C25H22N6O2S.